The normalized spacial score (nSPS) is 10.6. The molecule has 24 heavy (non-hydrogen) atoms. The van der Waals surface area contributed by atoms with E-state index in [1.807, 2.05) is 46.0 Å². The van der Waals surface area contributed by atoms with E-state index in [4.69, 9.17) is 10.00 Å². The van der Waals surface area contributed by atoms with Crippen molar-refractivity contribution in [3.63, 3.8) is 0 Å². The SMILES string of the molecule is Cc1cc(C)cc(OCC(=O)N/N=C\c2cc(C#N)n(C)c2C)c1. The molecule has 0 aliphatic rings. The molecule has 6 heteroatoms. The summed E-state index contributed by atoms with van der Waals surface area (Å²) in [5, 5.41) is 12.9. The van der Waals surface area contributed by atoms with Crippen LogP contribution in [0.25, 0.3) is 0 Å². The molecule has 0 saturated heterocycles. The number of ether oxygens (including phenoxy) is 1. The topological polar surface area (TPSA) is 79.4 Å². The maximum atomic E-state index is 11.8. The van der Waals surface area contributed by atoms with Crippen LogP contribution in [0.15, 0.2) is 29.4 Å². The molecule has 2 aromatic rings. The third kappa shape index (κ3) is 4.23. The van der Waals surface area contributed by atoms with Crippen molar-refractivity contribution in [3.8, 4) is 11.8 Å². The summed E-state index contributed by atoms with van der Waals surface area (Å²) in [6.45, 7) is 5.72. The Labute approximate surface area is 141 Å². The van der Waals surface area contributed by atoms with Crippen molar-refractivity contribution >= 4 is 12.1 Å². The van der Waals surface area contributed by atoms with Gasteiger partial charge in [-0.2, -0.15) is 10.4 Å². The summed E-state index contributed by atoms with van der Waals surface area (Å²) in [5.41, 5.74) is 6.80. The van der Waals surface area contributed by atoms with Crippen LogP contribution in [0.5, 0.6) is 5.75 Å². The van der Waals surface area contributed by atoms with E-state index >= 15 is 0 Å². The largest absolute Gasteiger partial charge is 0.484 e. The quantitative estimate of drug-likeness (QED) is 0.677. The molecule has 0 radical (unpaired) electrons. The van der Waals surface area contributed by atoms with Crippen LogP contribution in [0, 0.1) is 32.1 Å². The Bertz CT molecular complexity index is 808. The number of nitrogens with one attached hydrogen (secondary N) is 1. The monoisotopic (exact) mass is 324 g/mol. The molecule has 0 bridgehead atoms. The Morgan fingerprint density at radius 1 is 1.29 bits per heavy atom. The maximum absolute atomic E-state index is 11.8. The number of rotatable bonds is 5. The molecular formula is C18H20N4O2. The van der Waals surface area contributed by atoms with Gasteiger partial charge in [-0.05, 0) is 50.1 Å². The zero-order valence-electron chi connectivity index (χ0n) is 14.3. The van der Waals surface area contributed by atoms with Crippen molar-refractivity contribution < 1.29 is 9.53 Å². The van der Waals surface area contributed by atoms with Gasteiger partial charge in [0.2, 0.25) is 0 Å². The molecule has 1 N–H and O–H groups in total. The highest BCUT2D eigenvalue weighted by molar-refractivity contribution is 5.84. The number of aromatic nitrogens is 1. The molecule has 124 valence electrons. The Kier molecular flexibility index (Phi) is 5.38. The second-order valence-corrected chi connectivity index (χ2v) is 5.65. The van der Waals surface area contributed by atoms with Gasteiger partial charge in [0, 0.05) is 18.3 Å². The molecule has 0 spiro atoms. The van der Waals surface area contributed by atoms with Gasteiger partial charge in [0.15, 0.2) is 6.61 Å². The van der Waals surface area contributed by atoms with Crippen molar-refractivity contribution in [2.24, 2.45) is 12.1 Å². The Morgan fingerprint density at radius 2 is 1.96 bits per heavy atom. The van der Waals surface area contributed by atoms with E-state index in [1.165, 1.54) is 6.21 Å². The molecule has 0 aliphatic carbocycles. The summed E-state index contributed by atoms with van der Waals surface area (Å²) in [5.74, 6) is 0.309. The van der Waals surface area contributed by atoms with Gasteiger partial charge in [0.1, 0.15) is 17.5 Å². The van der Waals surface area contributed by atoms with Crippen LogP contribution < -0.4 is 10.2 Å². The highest BCUT2D eigenvalue weighted by Gasteiger charge is 2.07. The van der Waals surface area contributed by atoms with Crippen molar-refractivity contribution in [1.29, 1.82) is 5.26 Å². The van der Waals surface area contributed by atoms with Crippen molar-refractivity contribution in [2.75, 3.05) is 6.61 Å². The summed E-state index contributed by atoms with van der Waals surface area (Å²) in [4.78, 5) is 11.8. The van der Waals surface area contributed by atoms with E-state index in [9.17, 15) is 4.79 Å². The first-order valence-electron chi connectivity index (χ1n) is 7.50. The van der Waals surface area contributed by atoms with Crippen molar-refractivity contribution in [3.05, 3.63) is 52.3 Å². The summed E-state index contributed by atoms with van der Waals surface area (Å²) < 4.78 is 7.23. The van der Waals surface area contributed by atoms with E-state index in [0.29, 0.717) is 11.4 Å². The van der Waals surface area contributed by atoms with Crippen LogP contribution in [0.2, 0.25) is 0 Å². The third-order valence-electron chi connectivity index (χ3n) is 3.65. The predicted molar refractivity (Wildman–Crippen MR) is 92.0 cm³/mol. The lowest BCUT2D eigenvalue weighted by molar-refractivity contribution is -0.123. The van der Waals surface area contributed by atoms with Crippen LogP contribution in [-0.2, 0) is 11.8 Å². The number of hydrogen-bond donors (Lipinski definition) is 1. The predicted octanol–water partition coefficient (Wildman–Crippen LogP) is 2.35. The Hall–Kier alpha value is -3.07. The van der Waals surface area contributed by atoms with Gasteiger partial charge in [-0.25, -0.2) is 5.43 Å². The molecule has 2 rings (SSSR count). The fourth-order valence-electron chi connectivity index (χ4n) is 2.33. The van der Waals surface area contributed by atoms with Gasteiger partial charge in [0.25, 0.3) is 5.91 Å². The lowest BCUT2D eigenvalue weighted by Gasteiger charge is -2.07. The summed E-state index contributed by atoms with van der Waals surface area (Å²) in [6.07, 6.45) is 1.52. The molecular weight excluding hydrogens is 304 g/mol. The van der Waals surface area contributed by atoms with Crippen LogP contribution in [-0.4, -0.2) is 23.3 Å². The Morgan fingerprint density at radius 3 is 2.54 bits per heavy atom. The average molecular weight is 324 g/mol. The molecule has 0 saturated carbocycles. The standard InChI is InChI=1S/C18H20N4O2/c1-12-5-13(2)7-17(6-12)24-11-18(23)21-20-10-15-8-16(9-19)22(4)14(15)3/h5-8,10H,11H2,1-4H3,(H,21,23)/b20-10-. The molecule has 6 nitrogen and oxygen atoms in total. The molecule has 1 aromatic carbocycles. The highest BCUT2D eigenvalue weighted by Crippen LogP contribution is 2.16. The van der Waals surface area contributed by atoms with Gasteiger partial charge in [0.05, 0.1) is 6.21 Å². The number of carbonyl (C=O) groups excluding carboxylic acids is 1. The number of carbonyl (C=O) groups is 1. The number of hydrogen-bond acceptors (Lipinski definition) is 4. The zero-order valence-corrected chi connectivity index (χ0v) is 14.3. The lowest BCUT2D eigenvalue weighted by atomic mass is 10.1. The second kappa shape index (κ2) is 7.47. The van der Waals surface area contributed by atoms with Crippen molar-refractivity contribution in [1.82, 2.24) is 9.99 Å². The molecule has 0 aliphatic heterocycles. The van der Waals surface area contributed by atoms with E-state index < -0.39 is 0 Å². The first-order chi connectivity index (χ1) is 11.4. The minimum Gasteiger partial charge on any atom is -0.484 e. The fraction of sp³-hybridized carbons (Fsp3) is 0.278. The van der Waals surface area contributed by atoms with E-state index in [0.717, 1.165) is 22.4 Å². The van der Waals surface area contributed by atoms with Gasteiger partial charge in [-0.3, -0.25) is 4.79 Å². The number of benzene rings is 1. The second-order valence-electron chi connectivity index (χ2n) is 5.65. The molecule has 0 unspecified atom stereocenters. The smallest absolute Gasteiger partial charge is 0.277 e. The van der Waals surface area contributed by atoms with E-state index in [2.05, 4.69) is 16.6 Å². The average Bonchev–Trinajstić information content (AvgIpc) is 2.80. The zero-order chi connectivity index (χ0) is 17.7. The maximum Gasteiger partial charge on any atom is 0.277 e. The molecule has 1 aromatic heterocycles. The number of hydrazone groups is 1. The lowest BCUT2D eigenvalue weighted by Crippen LogP contribution is -2.24. The van der Waals surface area contributed by atoms with Gasteiger partial charge in [-0.1, -0.05) is 6.07 Å². The van der Waals surface area contributed by atoms with Crippen LogP contribution >= 0.6 is 0 Å². The van der Waals surface area contributed by atoms with Crippen molar-refractivity contribution in [2.45, 2.75) is 20.8 Å². The number of nitriles is 1. The van der Waals surface area contributed by atoms with E-state index in [-0.39, 0.29) is 12.5 Å². The molecule has 1 amide bonds. The fourth-order valence-corrected chi connectivity index (χ4v) is 2.33. The Balaban J connectivity index is 1.90. The first kappa shape index (κ1) is 17.3. The molecule has 0 fully saturated rings. The third-order valence-corrected chi connectivity index (χ3v) is 3.65. The van der Waals surface area contributed by atoms with E-state index in [1.54, 1.807) is 10.6 Å². The van der Waals surface area contributed by atoms with Crippen LogP contribution in [0.4, 0.5) is 0 Å². The number of aryl methyl sites for hydroxylation is 2. The van der Waals surface area contributed by atoms with Crippen LogP contribution in [0.1, 0.15) is 28.1 Å². The van der Waals surface area contributed by atoms with Gasteiger partial charge >= 0.3 is 0 Å². The first-order valence-corrected chi connectivity index (χ1v) is 7.50. The minimum absolute atomic E-state index is 0.114. The van der Waals surface area contributed by atoms with Crippen LogP contribution in [0.3, 0.4) is 0 Å². The summed E-state index contributed by atoms with van der Waals surface area (Å²) >= 11 is 0. The van der Waals surface area contributed by atoms with Gasteiger partial charge in [-0.15, -0.1) is 0 Å². The van der Waals surface area contributed by atoms with Gasteiger partial charge < -0.3 is 9.30 Å². The summed E-state index contributed by atoms with van der Waals surface area (Å²) in [7, 11) is 1.81. The summed E-state index contributed by atoms with van der Waals surface area (Å²) in [6, 6.07) is 9.60. The molecule has 0 atom stereocenters. The highest BCUT2D eigenvalue weighted by atomic mass is 16.5. The minimum atomic E-state index is -0.348. The molecule has 1 heterocycles. The number of nitrogens with zero attached hydrogens (tertiary/aromatic N) is 3. The number of amides is 1.